The molecule has 2 aliphatic carbocycles. The Bertz CT molecular complexity index is 466. The van der Waals surface area contributed by atoms with E-state index in [-0.39, 0.29) is 23.2 Å². The molecule has 2 rings (SSSR count). The molecule has 0 radical (unpaired) electrons. The molecule has 0 aliphatic heterocycles. The minimum Gasteiger partial charge on any atom is -0.547 e. The Hall–Kier alpha value is -0.610. The van der Waals surface area contributed by atoms with Crippen LogP contribution in [0, 0.1) is 22.7 Å². The summed E-state index contributed by atoms with van der Waals surface area (Å²) in [5.74, 6) is -0.903. The molecular weight excluding hydrogens is 292 g/mol. The number of rotatable bonds is 4. The molecule has 0 saturated heterocycles. The van der Waals surface area contributed by atoms with Crippen molar-refractivity contribution in [3.8, 4) is 0 Å². The Labute approximate surface area is 140 Å². The molecule has 0 aromatic heterocycles. The molecule has 5 atom stereocenters. The molecule has 134 valence electrons. The summed E-state index contributed by atoms with van der Waals surface area (Å²) in [5.41, 5.74) is -2.39. The van der Waals surface area contributed by atoms with Crippen molar-refractivity contribution in [2.45, 2.75) is 90.8 Å². The molecule has 0 heterocycles. The van der Waals surface area contributed by atoms with Gasteiger partial charge in [0, 0.05) is 0 Å². The molecule has 0 amide bonds. The van der Waals surface area contributed by atoms with E-state index < -0.39 is 17.2 Å². The van der Waals surface area contributed by atoms with Crippen molar-refractivity contribution in [2.75, 3.05) is 0 Å². The van der Waals surface area contributed by atoms with Crippen molar-refractivity contribution < 1.29 is 20.1 Å². The van der Waals surface area contributed by atoms with Crippen LogP contribution >= 0.6 is 0 Å². The molecule has 4 nitrogen and oxygen atoms in total. The van der Waals surface area contributed by atoms with Crippen LogP contribution in [0.3, 0.4) is 0 Å². The molecule has 0 bridgehead atoms. The molecule has 23 heavy (non-hydrogen) atoms. The Morgan fingerprint density at radius 3 is 2.39 bits per heavy atom. The highest BCUT2D eigenvalue weighted by atomic mass is 16.4. The monoisotopic (exact) mass is 325 g/mol. The molecule has 4 heteroatoms. The number of fused-ring (bicyclic) bond motifs is 1. The highest BCUT2D eigenvalue weighted by Gasteiger charge is 2.57. The minimum atomic E-state index is -1.83. The number of carbonyl (C=O) groups excluding carboxylic acids is 1. The largest absolute Gasteiger partial charge is 0.547 e. The van der Waals surface area contributed by atoms with Gasteiger partial charge in [-0.25, -0.2) is 0 Å². The minimum absolute atomic E-state index is 0.000787. The third-order valence-corrected chi connectivity index (χ3v) is 7.12. The smallest absolute Gasteiger partial charge is 0.101 e. The Balaban J connectivity index is 2.28. The number of aliphatic hydroxyl groups is 2. The van der Waals surface area contributed by atoms with Gasteiger partial charge in [0.05, 0.1) is 11.6 Å². The quantitative estimate of drug-likeness (QED) is 0.831. The van der Waals surface area contributed by atoms with E-state index in [1.165, 1.54) is 13.3 Å². The van der Waals surface area contributed by atoms with Crippen LogP contribution in [-0.2, 0) is 4.79 Å². The normalized spacial score (nSPS) is 42.6. The summed E-state index contributed by atoms with van der Waals surface area (Å²) < 4.78 is 0. The SMILES string of the molecule is CC1(C)CCC[C@]2(C)[C@@H](CC[C@](C)(O)C(=O)[O-])[C@](C)(O)CC[C@@H]12. The van der Waals surface area contributed by atoms with E-state index in [0.717, 1.165) is 25.7 Å². The summed E-state index contributed by atoms with van der Waals surface area (Å²) in [4.78, 5) is 11.1. The van der Waals surface area contributed by atoms with Gasteiger partial charge in [0.25, 0.3) is 0 Å². The van der Waals surface area contributed by atoms with Gasteiger partial charge >= 0.3 is 0 Å². The van der Waals surface area contributed by atoms with Crippen molar-refractivity contribution in [1.29, 1.82) is 0 Å². The third-order valence-electron chi connectivity index (χ3n) is 7.12. The highest BCUT2D eigenvalue weighted by Crippen LogP contribution is 2.63. The fourth-order valence-electron chi connectivity index (χ4n) is 5.79. The van der Waals surface area contributed by atoms with E-state index in [1.54, 1.807) is 0 Å². The van der Waals surface area contributed by atoms with Crippen LogP contribution in [0.4, 0.5) is 0 Å². The van der Waals surface area contributed by atoms with E-state index in [4.69, 9.17) is 0 Å². The summed E-state index contributed by atoms with van der Waals surface area (Å²) >= 11 is 0. The van der Waals surface area contributed by atoms with Crippen LogP contribution in [0.5, 0.6) is 0 Å². The van der Waals surface area contributed by atoms with Crippen molar-refractivity contribution in [3.05, 3.63) is 0 Å². The van der Waals surface area contributed by atoms with Crippen molar-refractivity contribution in [3.63, 3.8) is 0 Å². The number of aliphatic carboxylic acids is 1. The zero-order valence-electron chi connectivity index (χ0n) is 15.3. The first kappa shape index (κ1) is 18.7. The Morgan fingerprint density at radius 1 is 1.22 bits per heavy atom. The van der Waals surface area contributed by atoms with Crippen LogP contribution in [-0.4, -0.2) is 27.4 Å². The molecule has 0 aromatic rings. The second kappa shape index (κ2) is 5.73. The number of hydrogen-bond donors (Lipinski definition) is 2. The van der Waals surface area contributed by atoms with Gasteiger partial charge in [-0.15, -0.1) is 0 Å². The van der Waals surface area contributed by atoms with E-state index in [0.29, 0.717) is 12.3 Å². The summed E-state index contributed by atoms with van der Waals surface area (Å²) in [5, 5.41) is 32.1. The standard InChI is InChI=1S/C19H34O4/c1-16(2)9-6-10-17(3)13(16)7-11-18(4,22)14(17)8-12-19(5,23)15(20)21/h13-14,22-23H,6-12H2,1-5H3,(H,20,21)/p-1/t13-,14+,17-,18+,19-/m0/s1. The topological polar surface area (TPSA) is 80.6 Å². The molecule has 2 N–H and O–H groups in total. The first-order chi connectivity index (χ1) is 10.3. The van der Waals surface area contributed by atoms with Crippen LogP contribution in [0.15, 0.2) is 0 Å². The van der Waals surface area contributed by atoms with E-state index in [2.05, 4.69) is 20.8 Å². The van der Waals surface area contributed by atoms with Gasteiger partial charge in [-0.2, -0.15) is 0 Å². The fraction of sp³-hybridized carbons (Fsp3) is 0.947. The summed E-state index contributed by atoms with van der Waals surface area (Å²) in [7, 11) is 0. The molecule has 2 aliphatic rings. The maximum absolute atomic E-state index is 11.1. The zero-order valence-corrected chi connectivity index (χ0v) is 15.3. The van der Waals surface area contributed by atoms with Gasteiger partial charge in [0.2, 0.25) is 0 Å². The first-order valence-electron chi connectivity index (χ1n) is 8.99. The molecule has 2 saturated carbocycles. The zero-order chi connectivity index (χ0) is 17.7. The maximum atomic E-state index is 11.1. The van der Waals surface area contributed by atoms with Crippen LogP contribution < -0.4 is 5.11 Å². The van der Waals surface area contributed by atoms with E-state index >= 15 is 0 Å². The maximum Gasteiger partial charge on any atom is 0.101 e. The fourth-order valence-corrected chi connectivity index (χ4v) is 5.79. The van der Waals surface area contributed by atoms with Crippen LogP contribution in [0.1, 0.15) is 79.6 Å². The number of carboxylic acids is 1. The number of carbonyl (C=O) groups is 1. The first-order valence-corrected chi connectivity index (χ1v) is 8.99. The predicted molar refractivity (Wildman–Crippen MR) is 87.4 cm³/mol. The average Bonchev–Trinajstić information content (AvgIpc) is 2.35. The van der Waals surface area contributed by atoms with Gasteiger partial charge in [-0.05, 0) is 75.0 Å². The molecule has 2 fully saturated rings. The molecule has 0 unspecified atom stereocenters. The Kier molecular flexibility index (Phi) is 4.67. The highest BCUT2D eigenvalue weighted by molar-refractivity contribution is 5.74. The van der Waals surface area contributed by atoms with Gasteiger partial charge in [-0.3, -0.25) is 0 Å². The van der Waals surface area contributed by atoms with Gasteiger partial charge in [0.15, 0.2) is 0 Å². The van der Waals surface area contributed by atoms with Gasteiger partial charge in [0.1, 0.15) is 5.60 Å². The van der Waals surface area contributed by atoms with E-state index in [1.807, 2.05) is 6.92 Å². The predicted octanol–water partition coefficient (Wildman–Crippen LogP) is 2.26. The molecular formula is C19H33O4-. The number of carboxylic acid groups (broad SMARTS) is 1. The lowest BCUT2D eigenvalue weighted by molar-refractivity contribution is -0.324. The van der Waals surface area contributed by atoms with E-state index in [9.17, 15) is 20.1 Å². The third kappa shape index (κ3) is 3.30. The lowest BCUT2D eigenvalue weighted by atomic mass is 9.45. The van der Waals surface area contributed by atoms with Crippen molar-refractivity contribution >= 4 is 5.97 Å². The van der Waals surface area contributed by atoms with Crippen LogP contribution in [0.2, 0.25) is 0 Å². The lowest BCUT2D eigenvalue weighted by Gasteiger charge is -2.61. The second-order valence-electron chi connectivity index (χ2n) is 9.45. The molecule has 0 spiro atoms. The molecule has 0 aromatic carbocycles. The van der Waals surface area contributed by atoms with Crippen LogP contribution in [0.25, 0.3) is 0 Å². The summed E-state index contributed by atoms with van der Waals surface area (Å²) in [6.45, 7) is 10.1. The summed E-state index contributed by atoms with van der Waals surface area (Å²) in [6, 6.07) is 0. The van der Waals surface area contributed by atoms with Crippen molar-refractivity contribution in [2.24, 2.45) is 22.7 Å². The number of hydrogen-bond acceptors (Lipinski definition) is 4. The van der Waals surface area contributed by atoms with Gasteiger partial charge in [-0.1, -0.05) is 27.2 Å². The summed E-state index contributed by atoms with van der Waals surface area (Å²) in [6.07, 6.45) is 5.81. The van der Waals surface area contributed by atoms with Gasteiger partial charge < -0.3 is 20.1 Å². The van der Waals surface area contributed by atoms with Crippen molar-refractivity contribution in [1.82, 2.24) is 0 Å². The Morgan fingerprint density at radius 2 is 1.83 bits per heavy atom. The second-order valence-corrected chi connectivity index (χ2v) is 9.45. The lowest BCUT2D eigenvalue weighted by Crippen LogP contribution is -2.58. The average molecular weight is 325 g/mol.